The number of nitrogens with zero attached hydrogens (tertiary/aromatic N) is 3. The molecule has 0 bridgehead atoms. The molecule has 0 aliphatic heterocycles. The van der Waals surface area contributed by atoms with Crippen molar-refractivity contribution in [2.75, 3.05) is 0 Å². The highest BCUT2D eigenvalue weighted by atomic mass is 19.4. The number of hydrogen-bond acceptors (Lipinski definition) is 6. The molecule has 10 heteroatoms. The van der Waals surface area contributed by atoms with Gasteiger partial charge in [0, 0.05) is 23.7 Å². The zero-order valence-corrected chi connectivity index (χ0v) is 23.1. The van der Waals surface area contributed by atoms with Gasteiger partial charge < -0.3 is 10.1 Å². The van der Waals surface area contributed by atoms with Crippen LogP contribution in [-0.4, -0.2) is 32.4 Å². The van der Waals surface area contributed by atoms with Crippen LogP contribution in [0.4, 0.5) is 13.2 Å². The van der Waals surface area contributed by atoms with Gasteiger partial charge in [-0.1, -0.05) is 18.2 Å². The van der Waals surface area contributed by atoms with Crippen molar-refractivity contribution in [3.05, 3.63) is 89.4 Å². The van der Waals surface area contributed by atoms with E-state index in [0.717, 1.165) is 17.8 Å². The van der Waals surface area contributed by atoms with Crippen molar-refractivity contribution in [2.45, 2.75) is 64.8 Å². The third-order valence-corrected chi connectivity index (χ3v) is 6.10. The van der Waals surface area contributed by atoms with E-state index in [4.69, 9.17) is 14.7 Å². The molecule has 2 aromatic heterocycles. The van der Waals surface area contributed by atoms with E-state index < -0.39 is 17.3 Å². The van der Waals surface area contributed by atoms with Crippen LogP contribution in [0.2, 0.25) is 0 Å². The second-order valence-corrected chi connectivity index (χ2v) is 10.6. The molecule has 4 aromatic rings. The Morgan fingerprint density at radius 2 is 1.66 bits per heavy atom. The second kappa shape index (κ2) is 12.4. The van der Waals surface area contributed by atoms with E-state index in [1.807, 2.05) is 12.1 Å². The predicted octanol–water partition coefficient (Wildman–Crippen LogP) is 6.70. The molecule has 0 atom stereocenters. The number of unbranched alkanes of at least 4 members (excludes halogenated alkanes) is 1. The van der Waals surface area contributed by atoms with E-state index in [9.17, 15) is 22.8 Å². The third-order valence-electron chi connectivity index (χ3n) is 6.10. The van der Waals surface area contributed by atoms with Crippen molar-refractivity contribution >= 4 is 22.9 Å². The number of carbonyl (C=O) groups is 2. The number of rotatable bonds is 9. The van der Waals surface area contributed by atoms with Gasteiger partial charge in [-0.3, -0.25) is 14.6 Å². The Morgan fingerprint density at radius 1 is 0.902 bits per heavy atom. The quantitative estimate of drug-likeness (QED) is 0.180. The highest BCUT2D eigenvalue weighted by Gasteiger charge is 2.30. The average molecular weight is 565 g/mol. The van der Waals surface area contributed by atoms with Crippen molar-refractivity contribution in [1.82, 2.24) is 20.3 Å². The van der Waals surface area contributed by atoms with Crippen molar-refractivity contribution in [1.29, 1.82) is 0 Å². The highest BCUT2D eigenvalue weighted by molar-refractivity contribution is 5.97. The number of aromatic nitrogens is 3. The molecule has 214 valence electrons. The molecule has 0 fully saturated rings. The van der Waals surface area contributed by atoms with Gasteiger partial charge in [0.25, 0.3) is 5.91 Å². The van der Waals surface area contributed by atoms with Crippen LogP contribution < -0.4 is 5.32 Å². The lowest BCUT2D eigenvalue weighted by molar-refractivity contribution is -0.155. The fourth-order valence-corrected chi connectivity index (χ4v) is 4.18. The van der Waals surface area contributed by atoms with E-state index >= 15 is 0 Å². The van der Waals surface area contributed by atoms with Crippen LogP contribution in [0.15, 0.2) is 66.9 Å². The Kier molecular flexibility index (Phi) is 9.00. The molecule has 0 saturated heterocycles. The molecular formula is C31H31F3N4O3. The largest absolute Gasteiger partial charge is 0.460 e. The molecule has 41 heavy (non-hydrogen) atoms. The summed E-state index contributed by atoms with van der Waals surface area (Å²) in [6.07, 6.45) is -1.02. The first-order valence-corrected chi connectivity index (χ1v) is 13.3. The molecule has 7 nitrogen and oxygen atoms in total. The average Bonchev–Trinajstić information content (AvgIpc) is 2.92. The standard InChI is InChI=1S/C31H31F3N4O3/c1-30(2,3)41-27(39)10-5-4-9-25-28(20-11-14-22(15-12-20)31(32,33)34)38-24-16-13-21(18-26(24)37-25)29(40)36-19-23-8-6-7-17-35-23/h6-8,11-18H,4-5,9-10,19H2,1-3H3,(H,36,40). The Hall–Kier alpha value is -4.34. The zero-order valence-electron chi connectivity index (χ0n) is 23.1. The Morgan fingerprint density at radius 3 is 2.32 bits per heavy atom. The first-order valence-electron chi connectivity index (χ1n) is 13.3. The molecule has 2 aromatic carbocycles. The first kappa shape index (κ1) is 29.6. The molecule has 4 rings (SSSR count). The van der Waals surface area contributed by atoms with Gasteiger partial charge >= 0.3 is 12.1 Å². The summed E-state index contributed by atoms with van der Waals surface area (Å²) in [5.41, 5.74) is 2.27. The van der Waals surface area contributed by atoms with Gasteiger partial charge in [-0.25, -0.2) is 9.97 Å². The maximum absolute atomic E-state index is 13.1. The van der Waals surface area contributed by atoms with Crippen LogP contribution in [0, 0.1) is 0 Å². The Balaban J connectivity index is 1.58. The van der Waals surface area contributed by atoms with E-state index in [-0.39, 0.29) is 24.8 Å². The molecule has 1 N–H and O–H groups in total. The summed E-state index contributed by atoms with van der Waals surface area (Å²) >= 11 is 0. The van der Waals surface area contributed by atoms with Gasteiger partial charge in [0.05, 0.1) is 40.2 Å². The predicted molar refractivity (Wildman–Crippen MR) is 149 cm³/mol. The third kappa shape index (κ3) is 8.33. The lowest BCUT2D eigenvalue weighted by atomic mass is 10.0. The van der Waals surface area contributed by atoms with Gasteiger partial charge in [0.1, 0.15) is 5.60 Å². The number of aryl methyl sites for hydroxylation is 1. The van der Waals surface area contributed by atoms with Crippen LogP contribution in [0.3, 0.4) is 0 Å². The minimum atomic E-state index is -4.45. The molecule has 0 aliphatic rings. The number of alkyl halides is 3. The number of fused-ring (bicyclic) bond motifs is 1. The van der Waals surface area contributed by atoms with Crippen LogP contribution in [0.25, 0.3) is 22.3 Å². The zero-order chi connectivity index (χ0) is 29.6. The lowest BCUT2D eigenvalue weighted by Crippen LogP contribution is -2.23. The monoisotopic (exact) mass is 564 g/mol. The SMILES string of the molecule is CC(C)(C)OC(=O)CCCCc1nc2cc(C(=O)NCc3ccccn3)ccc2nc1-c1ccc(C(F)(F)F)cc1. The number of esters is 1. The van der Waals surface area contributed by atoms with Crippen LogP contribution >= 0.6 is 0 Å². The summed E-state index contributed by atoms with van der Waals surface area (Å²) in [7, 11) is 0. The smallest absolute Gasteiger partial charge is 0.416 e. The molecule has 2 heterocycles. The maximum atomic E-state index is 13.1. The van der Waals surface area contributed by atoms with Crippen molar-refractivity contribution in [3.8, 4) is 11.3 Å². The van der Waals surface area contributed by atoms with Gasteiger partial charge in [-0.2, -0.15) is 13.2 Å². The molecule has 0 aliphatic carbocycles. The van der Waals surface area contributed by atoms with E-state index in [0.29, 0.717) is 52.8 Å². The van der Waals surface area contributed by atoms with Crippen molar-refractivity contribution in [3.63, 3.8) is 0 Å². The van der Waals surface area contributed by atoms with Gasteiger partial charge in [-0.15, -0.1) is 0 Å². The molecule has 1 amide bonds. The first-order chi connectivity index (χ1) is 19.4. The summed E-state index contributed by atoms with van der Waals surface area (Å²) in [6.45, 7) is 5.68. The molecule has 0 radical (unpaired) electrons. The fraction of sp³-hybridized carbons (Fsp3) is 0.323. The van der Waals surface area contributed by atoms with Crippen LogP contribution in [0.1, 0.15) is 67.3 Å². The molecule has 0 unspecified atom stereocenters. The normalized spacial score (nSPS) is 11.9. The topological polar surface area (TPSA) is 94.1 Å². The minimum Gasteiger partial charge on any atom is -0.460 e. The molecular weight excluding hydrogens is 533 g/mol. The van der Waals surface area contributed by atoms with E-state index in [1.165, 1.54) is 12.1 Å². The Labute approximate surface area is 236 Å². The number of carbonyl (C=O) groups excluding carboxylic acids is 2. The van der Waals surface area contributed by atoms with E-state index in [1.54, 1.807) is 51.2 Å². The summed E-state index contributed by atoms with van der Waals surface area (Å²) in [5, 5.41) is 2.83. The number of hydrogen-bond donors (Lipinski definition) is 1. The molecule has 0 saturated carbocycles. The highest BCUT2D eigenvalue weighted by Crippen LogP contribution is 2.32. The number of halogens is 3. The second-order valence-electron chi connectivity index (χ2n) is 10.6. The summed E-state index contributed by atoms with van der Waals surface area (Å²) in [6, 6.07) is 15.2. The lowest BCUT2D eigenvalue weighted by Gasteiger charge is -2.19. The Bertz CT molecular complexity index is 1520. The maximum Gasteiger partial charge on any atom is 0.416 e. The number of pyridine rings is 1. The number of amides is 1. The van der Waals surface area contributed by atoms with Crippen LogP contribution in [-0.2, 0) is 28.7 Å². The van der Waals surface area contributed by atoms with Crippen molar-refractivity contribution < 1.29 is 27.5 Å². The van der Waals surface area contributed by atoms with Gasteiger partial charge in [0.2, 0.25) is 0 Å². The summed E-state index contributed by atoms with van der Waals surface area (Å²) in [4.78, 5) is 38.6. The summed E-state index contributed by atoms with van der Waals surface area (Å²) in [5.74, 6) is -0.600. The van der Waals surface area contributed by atoms with E-state index in [2.05, 4.69) is 10.3 Å². The molecule has 0 spiro atoms. The van der Waals surface area contributed by atoms with Gasteiger partial charge in [-0.05, 0) is 82.5 Å². The number of nitrogens with one attached hydrogen (secondary N) is 1. The summed E-state index contributed by atoms with van der Waals surface area (Å²) < 4.78 is 44.8. The number of benzene rings is 2. The van der Waals surface area contributed by atoms with Crippen LogP contribution in [0.5, 0.6) is 0 Å². The number of ether oxygens (including phenoxy) is 1. The van der Waals surface area contributed by atoms with Crippen molar-refractivity contribution in [2.24, 2.45) is 0 Å². The minimum absolute atomic E-state index is 0.231. The fourth-order valence-electron chi connectivity index (χ4n) is 4.18. The van der Waals surface area contributed by atoms with Gasteiger partial charge in [0.15, 0.2) is 0 Å².